The number of halogens is 3. The second-order valence-electron chi connectivity index (χ2n) is 5.86. The quantitative estimate of drug-likeness (QED) is 0.474. The van der Waals surface area contributed by atoms with Gasteiger partial charge in [0, 0.05) is 16.6 Å². The normalized spacial score (nSPS) is 12.1. The Labute approximate surface area is 163 Å². The number of hydrogen-bond acceptors (Lipinski definition) is 4. The molecule has 0 fully saturated rings. The van der Waals surface area contributed by atoms with Gasteiger partial charge in [-0.2, -0.15) is 13.2 Å². The summed E-state index contributed by atoms with van der Waals surface area (Å²) in [5.74, 6) is 0.938. The minimum absolute atomic E-state index is 0.212. The molecule has 0 aliphatic rings. The first-order valence-electron chi connectivity index (χ1n) is 8.18. The fraction of sp³-hybridized carbons (Fsp3) is 0.158. The van der Waals surface area contributed by atoms with Gasteiger partial charge in [0.15, 0.2) is 0 Å². The van der Waals surface area contributed by atoms with Crippen molar-refractivity contribution in [3.8, 4) is 5.75 Å². The first kappa shape index (κ1) is 19.7. The maximum Gasteiger partial charge on any atom is 0.416 e. The Morgan fingerprint density at radius 2 is 1.86 bits per heavy atom. The maximum atomic E-state index is 12.8. The van der Waals surface area contributed by atoms with Crippen molar-refractivity contribution >= 4 is 28.9 Å². The van der Waals surface area contributed by atoms with Gasteiger partial charge in [-0.1, -0.05) is 17.6 Å². The molecule has 5 nitrogen and oxygen atoms in total. The zero-order valence-corrected chi connectivity index (χ0v) is 15.9. The third kappa shape index (κ3) is 4.61. The molecule has 0 aliphatic carbocycles. The molecule has 2 N–H and O–H groups in total. The highest BCUT2D eigenvalue weighted by atomic mass is 32.1. The fourth-order valence-corrected chi connectivity index (χ4v) is 3.21. The number of aryl methyl sites for hydroxylation is 1. The number of alkyl halides is 3. The number of anilines is 1. The van der Waals surface area contributed by atoms with Crippen molar-refractivity contribution in [3.63, 3.8) is 0 Å². The second-order valence-corrected chi connectivity index (χ2v) is 7.05. The second kappa shape index (κ2) is 7.89. The summed E-state index contributed by atoms with van der Waals surface area (Å²) in [6.07, 6.45) is -4.40. The van der Waals surface area contributed by atoms with Gasteiger partial charge < -0.3 is 10.1 Å². The highest BCUT2D eigenvalue weighted by Gasteiger charge is 2.29. The van der Waals surface area contributed by atoms with Gasteiger partial charge in [0.1, 0.15) is 11.2 Å². The van der Waals surface area contributed by atoms with Crippen LogP contribution in [0.1, 0.15) is 10.4 Å². The molecule has 0 amide bonds. The number of hydrogen-bond donors (Lipinski definition) is 2. The largest absolute Gasteiger partial charge is 0.497 e. The molecule has 3 rings (SSSR count). The molecule has 0 atom stereocenters. The number of benzene rings is 2. The van der Waals surface area contributed by atoms with Crippen LogP contribution in [0.5, 0.6) is 5.75 Å². The van der Waals surface area contributed by atoms with E-state index in [9.17, 15) is 13.2 Å². The predicted octanol–water partition coefficient (Wildman–Crippen LogP) is 5.01. The van der Waals surface area contributed by atoms with Gasteiger partial charge in [-0.25, -0.2) is 8.95 Å². The van der Waals surface area contributed by atoms with Crippen LogP contribution >= 0.6 is 11.5 Å². The monoisotopic (exact) mass is 406 g/mol. The molecule has 0 saturated heterocycles. The van der Waals surface area contributed by atoms with Crippen molar-refractivity contribution in [1.82, 2.24) is 3.96 Å². The van der Waals surface area contributed by atoms with Crippen LogP contribution in [0.4, 0.5) is 24.5 Å². The van der Waals surface area contributed by atoms with E-state index >= 15 is 0 Å². The Morgan fingerprint density at radius 3 is 2.43 bits per heavy atom. The Balaban J connectivity index is 2.02. The standard InChI is InChI=1S/C19H17F3N4OS/c1-12-10-17(23)26(28-12)18(25-15-4-3-5-16(11-15)27-2)24-14-8-6-13(7-9-14)19(20,21)22/h3-11,23H,1-2H3,(H,24,25). The van der Waals surface area contributed by atoms with E-state index in [0.717, 1.165) is 17.0 Å². The minimum Gasteiger partial charge on any atom is -0.497 e. The molecule has 2 aromatic carbocycles. The Morgan fingerprint density at radius 1 is 1.14 bits per heavy atom. The van der Waals surface area contributed by atoms with E-state index in [1.54, 1.807) is 41.4 Å². The topological polar surface area (TPSA) is 62.4 Å². The summed E-state index contributed by atoms with van der Waals surface area (Å²) in [6, 6.07) is 13.4. The van der Waals surface area contributed by atoms with Gasteiger partial charge in [0.2, 0.25) is 5.96 Å². The number of nitrogens with one attached hydrogen (secondary N) is 2. The molecule has 0 aliphatic heterocycles. The molecule has 1 aromatic heterocycles. The molecule has 3 aromatic rings. The molecular formula is C19H17F3N4OS. The van der Waals surface area contributed by atoms with Crippen LogP contribution in [0, 0.1) is 12.3 Å². The molecule has 0 spiro atoms. The lowest BCUT2D eigenvalue weighted by atomic mass is 10.2. The molecule has 146 valence electrons. The Hall–Kier alpha value is -3.07. The third-order valence-corrected chi connectivity index (χ3v) is 4.70. The van der Waals surface area contributed by atoms with Crippen LogP contribution in [0.3, 0.4) is 0 Å². The van der Waals surface area contributed by atoms with Gasteiger partial charge >= 0.3 is 6.18 Å². The van der Waals surface area contributed by atoms with Crippen molar-refractivity contribution in [2.75, 3.05) is 12.4 Å². The first-order chi connectivity index (χ1) is 13.3. The van der Waals surface area contributed by atoms with Gasteiger partial charge in [-0.15, -0.1) is 0 Å². The van der Waals surface area contributed by atoms with Crippen molar-refractivity contribution in [2.45, 2.75) is 13.1 Å². The van der Waals surface area contributed by atoms with Crippen LogP contribution in [0.15, 0.2) is 59.6 Å². The van der Waals surface area contributed by atoms with Crippen LogP contribution in [0.2, 0.25) is 0 Å². The molecule has 1 heterocycles. The zero-order valence-electron chi connectivity index (χ0n) is 15.0. The predicted molar refractivity (Wildman–Crippen MR) is 103 cm³/mol. The van der Waals surface area contributed by atoms with E-state index in [2.05, 4.69) is 10.3 Å². The Kier molecular flexibility index (Phi) is 5.55. The average Bonchev–Trinajstić information content (AvgIpc) is 2.99. The fourth-order valence-electron chi connectivity index (χ4n) is 2.43. The third-order valence-electron chi connectivity index (χ3n) is 3.74. The van der Waals surface area contributed by atoms with Crippen molar-refractivity contribution in [2.24, 2.45) is 4.99 Å². The van der Waals surface area contributed by atoms with E-state index in [1.807, 2.05) is 6.92 Å². The highest BCUT2D eigenvalue weighted by molar-refractivity contribution is 7.07. The van der Waals surface area contributed by atoms with E-state index < -0.39 is 11.7 Å². The number of rotatable bonds is 3. The maximum absolute atomic E-state index is 12.8. The van der Waals surface area contributed by atoms with E-state index in [0.29, 0.717) is 23.1 Å². The lowest BCUT2D eigenvalue weighted by molar-refractivity contribution is -0.137. The number of aliphatic imine (C=N–C) groups is 1. The molecule has 0 unspecified atom stereocenters. The number of nitrogens with zero attached hydrogens (tertiary/aromatic N) is 2. The molecule has 9 heteroatoms. The molecule has 28 heavy (non-hydrogen) atoms. The lowest BCUT2D eigenvalue weighted by Gasteiger charge is -2.12. The average molecular weight is 406 g/mol. The summed E-state index contributed by atoms with van der Waals surface area (Å²) in [6.45, 7) is 1.86. The van der Waals surface area contributed by atoms with E-state index in [1.165, 1.54) is 23.7 Å². The van der Waals surface area contributed by atoms with Gasteiger partial charge in [0.25, 0.3) is 0 Å². The number of methoxy groups -OCH3 is 1. The lowest BCUT2D eigenvalue weighted by Crippen LogP contribution is -2.28. The van der Waals surface area contributed by atoms with Gasteiger partial charge in [0.05, 0.1) is 18.4 Å². The zero-order chi connectivity index (χ0) is 20.3. The van der Waals surface area contributed by atoms with E-state index in [-0.39, 0.29) is 5.49 Å². The van der Waals surface area contributed by atoms with Crippen LogP contribution in [0.25, 0.3) is 0 Å². The summed E-state index contributed by atoms with van der Waals surface area (Å²) < 4.78 is 45.1. The smallest absolute Gasteiger partial charge is 0.416 e. The molecule has 0 bridgehead atoms. The summed E-state index contributed by atoms with van der Waals surface area (Å²) in [5, 5.41) is 11.2. The van der Waals surface area contributed by atoms with E-state index in [4.69, 9.17) is 10.1 Å². The summed E-state index contributed by atoms with van der Waals surface area (Å²) >= 11 is 1.30. The van der Waals surface area contributed by atoms with Gasteiger partial charge in [-0.3, -0.25) is 5.41 Å². The SMILES string of the molecule is COc1cccc(NC(=Nc2ccc(C(F)(F)F)cc2)n2sc(C)cc2=N)c1. The van der Waals surface area contributed by atoms with Crippen LogP contribution in [-0.2, 0) is 6.18 Å². The molecular weight excluding hydrogens is 389 g/mol. The van der Waals surface area contributed by atoms with Crippen LogP contribution < -0.4 is 15.5 Å². The summed E-state index contributed by atoms with van der Waals surface area (Å²) in [7, 11) is 1.55. The Bertz CT molecular complexity index is 1050. The van der Waals surface area contributed by atoms with Crippen molar-refractivity contribution < 1.29 is 17.9 Å². The number of aromatic nitrogens is 1. The summed E-state index contributed by atoms with van der Waals surface area (Å²) in [4.78, 5) is 5.33. The summed E-state index contributed by atoms with van der Waals surface area (Å²) in [5.41, 5.74) is 0.470. The molecule has 0 radical (unpaired) electrons. The van der Waals surface area contributed by atoms with Crippen LogP contribution in [-0.4, -0.2) is 17.0 Å². The molecule has 0 saturated carbocycles. The highest BCUT2D eigenvalue weighted by Crippen LogP contribution is 2.30. The van der Waals surface area contributed by atoms with Gasteiger partial charge in [-0.05, 0) is 49.4 Å². The minimum atomic E-state index is -4.40. The van der Waals surface area contributed by atoms with Crippen molar-refractivity contribution in [3.05, 3.63) is 70.5 Å². The van der Waals surface area contributed by atoms with Crippen molar-refractivity contribution in [1.29, 1.82) is 5.41 Å². The number of ether oxygens (including phenoxy) is 1. The first-order valence-corrected chi connectivity index (χ1v) is 8.95.